The summed E-state index contributed by atoms with van der Waals surface area (Å²) in [5.41, 5.74) is 0.467. The molecule has 0 spiro atoms. The number of rotatable bonds is 2. The van der Waals surface area contributed by atoms with Crippen LogP contribution in [0.25, 0.3) is 0 Å². The van der Waals surface area contributed by atoms with E-state index in [1.165, 1.54) is 26.0 Å². The van der Waals surface area contributed by atoms with Gasteiger partial charge in [-0.15, -0.1) is 0 Å². The van der Waals surface area contributed by atoms with E-state index in [1.807, 2.05) is 0 Å². The monoisotopic (exact) mass is 381 g/mol. The highest BCUT2D eigenvalue weighted by Gasteiger charge is 2.26. The molecule has 0 nitrogen and oxygen atoms in total. The van der Waals surface area contributed by atoms with Crippen LogP contribution in [0.4, 0.5) is 17.6 Å². The van der Waals surface area contributed by atoms with Crippen LogP contribution in [-0.4, -0.2) is 0 Å². The zero-order valence-corrected chi connectivity index (χ0v) is 12.4. The van der Waals surface area contributed by atoms with E-state index in [0.29, 0.717) is 7.14 Å². The summed E-state index contributed by atoms with van der Waals surface area (Å²) in [4.78, 5) is 0. The summed E-state index contributed by atoms with van der Waals surface area (Å²) in [6.45, 7) is 2.98. The van der Waals surface area contributed by atoms with Crippen LogP contribution in [-0.2, 0) is 0 Å². The van der Waals surface area contributed by atoms with Gasteiger partial charge in [0.2, 0.25) is 0 Å². The molecular formula is C14H10F4I+. The lowest BCUT2D eigenvalue weighted by Gasteiger charge is -2.00. The molecule has 0 aromatic heterocycles. The second-order valence-corrected chi connectivity index (χ2v) is 6.89. The third kappa shape index (κ3) is 2.75. The van der Waals surface area contributed by atoms with E-state index in [1.54, 1.807) is 0 Å². The van der Waals surface area contributed by atoms with E-state index in [4.69, 9.17) is 0 Å². The van der Waals surface area contributed by atoms with Gasteiger partial charge in [0.05, 0.1) is 0 Å². The first kappa shape index (κ1) is 14.3. The van der Waals surface area contributed by atoms with Crippen LogP contribution < -0.4 is 21.2 Å². The van der Waals surface area contributed by atoms with E-state index in [2.05, 4.69) is 0 Å². The number of hydrogen-bond acceptors (Lipinski definition) is 0. The Morgan fingerprint density at radius 2 is 1.05 bits per heavy atom. The van der Waals surface area contributed by atoms with Crippen LogP contribution in [0.15, 0.2) is 24.3 Å². The Morgan fingerprint density at radius 1 is 0.684 bits per heavy atom. The summed E-state index contributed by atoms with van der Waals surface area (Å²) in [5.74, 6) is -3.55. The average Bonchev–Trinajstić information content (AvgIpc) is 2.39. The fraction of sp³-hybridized carbons (Fsp3) is 0.143. The second kappa shape index (κ2) is 5.48. The van der Waals surface area contributed by atoms with Crippen molar-refractivity contribution in [3.05, 3.63) is 65.8 Å². The molecule has 0 bridgehead atoms. The molecule has 0 aliphatic heterocycles. The molecular weight excluding hydrogens is 371 g/mol. The molecule has 0 radical (unpaired) electrons. The Hall–Kier alpha value is -1.11. The highest BCUT2D eigenvalue weighted by atomic mass is 127. The summed E-state index contributed by atoms with van der Waals surface area (Å²) in [6.07, 6.45) is 0. The van der Waals surface area contributed by atoms with Crippen LogP contribution in [0.2, 0.25) is 0 Å². The molecule has 5 heteroatoms. The van der Waals surface area contributed by atoms with Crippen molar-refractivity contribution in [2.75, 3.05) is 0 Å². The number of hydrogen-bond donors (Lipinski definition) is 0. The molecule has 2 aromatic carbocycles. The molecule has 100 valence electrons. The zero-order chi connectivity index (χ0) is 14.2. The summed E-state index contributed by atoms with van der Waals surface area (Å²) < 4.78 is 54.3. The van der Waals surface area contributed by atoms with Crippen LogP contribution in [0.1, 0.15) is 11.1 Å². The molecule has 0 aliphatic carbocycles. The van der Waals surface area contributed by atoms with Crippen molar-refractivity contribution < 1.29 is 38.8 Å². The maximum Gasteiger partial charge on any atom is 0.358 e. The van der Waals surface area contributed by atoms with E-state index in [9.17, 15) is 17.6 Å². The van der Waals surface area contributed by atoms with E-state index >= 15 is 0 Å². The SMILES string of the molecule is Cc1c([I+]c2ccc(F)c(F)c2C)ccc(F)c1F. The zero-order valence-electron chi connectivity index (χ0n) is 10.2. The fourth-order valence-electron chi connectivity index (χ4n) is 1.57. The normalized spacial score (nSPS) is 10.8. The molecule has 0 saturated heterocycles. The Morgan fingerprint density at radius 3 is 1.42 bits per heavy atom. The van der Waals surface area contributed by atoms with Gasteiger partial charge >= 0.3 is 21.2 Å². The van der Waals surface area contributed by atoms with Crippen molar-refractivity contribution in [3.63, 3.8) is 0 Å². The summed E-state index contributed by atoms with van der Waals surface area (Å²) in [5, 5.41) is 0. The third-order valence-corrected chi connectivity index (χ3v) is 6.25. The van der Waals surface area contributed by atoms with Crippen molar-refractivity contribution in [2.45, 2.75) is 13.8 Å². The minimum absolute atomic E-state index is 0.233. The predicted octanol–water partition coefficient (Wildman–Crippen LogP) is 0.988. The van der Waals surface area contributed by atoms with Gasteiger partial charge in [-0.05, 0) is 38.1 Å². The fourth-order valence-corrected chi connectivity index (χ4v) is 4.20. The Bertz CT molecular complexity index is 582. The van der Waals surface area contributed by atoms with E-state index < -0.39 is 44.5 Å². The molecule has 0 saturated carbocycles. The average molecular weight is 381 g/mol. The van der Waals surface area contributed by atoms with Gasteiger partial charge in [0.1, 0.15) is 0 Å². The van der Waals surface area contributed by atoms with Gasteiger partial charge in [0.15, 0.2) is 30.4 Å². The highest BCUT2D eigenvalue weighted by Crippen LogP contribution is 2.11. The van der Waals surface area contributed by atoms with Crippen molar-refractivity contribution >= 4 is 0 Å². The molecule has 0 amide bonds. The first-order valence-corrected chi connectivity index (χ1v) is 7.61. The Kier molecular flexibility index (Phi) is 4.13. The first-order chi connectivity index (χ1) is 8.91. The Balaban J connectivity index is 2.43. The molecule has 0 atom stereocenters. The van der Waals surface area contributed by atoms with E-state index in [-0.39, 0.29) is 11.1 Å². The predicted molar refractivity (Wildman–Crippen MR) is 59.6 cm³/mol. The minimum atomic E-state index is -0.896. The van der Waals surface area contributed by atoms with Crippen LogP contribution in [0, 0.1) is 44.3 Å². The van der Waals surface area contributed by atoms with Crippen molar-refractivity contribution in [1.29, 1.82) is 0 Å². The van der Waals surface area contributed by atoms with Gasteiger partial charge in [-0.25, -0.2) is 17.6 Å². The molecule has 0 aliphatic rings. The van der Waals surface area contributed by atoms with Gasteiger partial charge in [0.25, 0.3) is 0 Å². The standard InChI is InChI=1S/C14H10F4I/c1-7-11(5-3-9(15)13(7)17)19-12-6-4-10(16)14(18)8(12)2/h3-6H,1-2H3/q+1. The van der Waals surface area contributed by atoms with Crippen LogP contribution in [0.3, 0.4) is 0 Å². The molecule has 0 N–H and O–H groups in total. The largest absolute Gasteiger partial charge is 0.358 e. The second-order valence-electron chi connectivity index (χ2n) is 4.03. The minimum Gasteiger partial charge on any atom is -0.204 e. The number of benzene rings is 2. The van der Waals surface area contributed by atoms with Gasteiger partial charge in [0, 0.05) is 11.1 Å². The van der Waals surface area contributed by atoms with Crippen molar-refractivity contribution in [1.82, 2.24) is 0 Å². The van der Waals surface area contributed by atoms with Crippen LogP contribution in [0.5, 0.6) is 0 Å². The lowest BCUT2D eigenvalue weighted by atomic mass is 10.2. The molecule has 0 fully saturated rings. The van der Waals surface area contributed by atoms with Gasteiger partial charge in [-0.2, -0.15) is 0 Å². The molecule has 0 unspecified atom stereocenters. The third-order valence-electron chi connectivity index (χ3n) is 2.75. The van der Waals surface area contributed by atoms with Crippen molar-refractivity contribution in [2.24, 2.45) is 0 Å². The van der Waals surface area contributed by atoms with Gasteiger partial charge in [-0.3, -0.25) is 0 Å². The lowest BCUT2D eigenvalue weighted by Crippen LogP contribution is -3.62. The first-order valence-electron chi connectivity index (χ1n) is 5.46. The topological polar surface area (TPSA) is 0 Å². The Labute approximate surface area is 118 Å². The lowest BCUT2D eigenvalue weighted by molar-refractivity contribution is -0.599. The van der Waals surface area contributed by atoms with Gasteiger partial charge < -0.3 is 0 Å². The maximum absolute atomic E-state index is 13.4. The molecule has 2 aromatic rings. The molecule has 2 rings (SSSR count). The van der Waals surface area contributed by atoms with E-state index in [0.717, 1.165) is 12.1 Å². The number of halogens is 5. The highest BCUT2D eigenvalue weighted by molar-refractivity contribution is 5.19. The molecule has 19 heavy (non-hydrogen) atoms. The molecule has 0 heterocycles. The summed E-state index contributed by atoms with van der Waals surface area (Å²) in [7, 11) is 0. The van der Waals surface area contributed by atoms with Crippen molar-refractivity contribution in [3.8, 4) is 0 Å². The van der Waals surface area contributed by atoms with Gasteiger partial charge in [-0.1, -0.05) is 0 Å². The van der Waals surface area contributed by atoms with Crippen LogP contribution >= 0.6 is 0 Å². The summed E-state index contributed by atoms with van der Waals surface area (Å²) in [6, 6.07) is 5.13. The maximum atomic E-state index is 13.4. The summed E-state index contributed by atoms with van der Waals surface area (Å²) >= 11 is -0.887. The smallest absolute Gasteiger partial charge is 0.204 e. The quantitative estimate of drug-likeness (QED) is 0.414.